The molecule has 1 aromatic rings. The molecule has 0 atom stereocenters. The molecule has 0 saturated heterocycles. The van der Waals surface area contributed by atoms with E-state index >= 15 is 0 Å². The minimum absolute atomic E-state index is 0.268. The van der Waals surface area contributed by atoms with Gasteiger partial charge in [-0.2, -0.15) is 0 Å². The lowest BCUT2D eigenvalue weighted by molar-refractivity contribution is 0.0754. The zero-order valence-electron chi connectivity index (χ0n) is 30.3. The van der Waals surface area contributed by atoms with E-state index in [1.807, 2.05) is 0 Å². The number of carbonyl (C=O) groups excluding carboxylic acids is 1. The number of amides is 1. The molecule has 0 aliphatic rings. The van der Waals surface area contributed by atoms with Gasteiger partial charge in [-0.05, 0) is 39.1 Å². The summed E-state index contributed by atoms with van der Waals surface area (Å²) in [6.07, 6.45) is 38.5. The lowest BCUT2D eigenvalue weighted by Crippen LogP contribution is -2.32. The van der Waals surface area contributed by atoms with Crippen molar-refractivity contribution < 1.29 is 4.79 Å². The lowest BCUT2D eigenvalue weighted by atomic mass is 10.0. The van der Waals surface area contributed by atoms with Gasteiger partial charge >= 0.3 is 0 Å². The molecule has 1 amide bonds. The molecule has 1 rings (SSSR count). The fourth-order valence-corrected chi connectivity index (χ4v) is 7.45. The van der Waals surface area contributed by atoms with Crippen molar-refractivity contribution >= 4 is 17.2 Å². The highest BCUT2D eigenvalue weighted by Gasteiger charge is 2.17. The Hall–Kier alpha value is -0.870. The van der Waals surface area contributed by atoms with E-state index in [9.17, 15) is 4.79 Å². The molecule has 0 fully saturated rings. The van der Waals surface area contributed by atoms with Gasteiger partial charge in [-0.3, -0.25) is 4.79 Å². The van der Waals surface area contributed by atoms with E-state index in [4.69, 9.17) is 0 Å². The predicted octanol–water partition coefficient (Wildman–Crippen LogP) is 13.2. The van der Waals surface area contributed by atoms with E-state index in [-0.39, 0.29) is 5.91 Å². The molecule has 0 aliphatic heterocycles. The Morgan fingerprint density at radius 2 is 0.818 bits per heavy atom. The minimum atomic E-state index is 0.268. The SMILES string of the molecule is CCCCCCCCCCCCCCCCN(CCCCCCCCCCCCCCCC)C(=O)c1ccc(CN(C)C)s1. The number of hydrogen-bond acceptors (Lipinski definition) is 3. The molecule has 0 N–H and O–H groups in total. The van der Waals surface area contributed by atoms with E-state index in [0.717, 1.165) is 37.4 Å². The van der Waals surface area contributed by atoms with Crippen LogP contribution in [-0.2, 0) is 6.54 Å². The molecule has 0 spiro atoms. The first-order valence-corrected chi connectivity index (χ1v) is 20.4. The molecule has 1 heterocycles. The first-order valence-electron chi connectivity index (χ1n) is 19.6. The summed E-state index contributed by atoms with van der Waals surface area (Å²) in [6.45, 7) is 7.36. The van der Waals surface area contributed by atoms with Crippen LogP contribution in [0.2, 0.25) is 0 Å². The Kier molecular flexibility index (Phi) is 28.8. The van der Waals surface area contributed by atoms with E-state index < -0.39 is 0 Å². The van der Waals surface area contributed by atoms with Crippen LogP contribution >= 0.6 is 11.3 Å². The van der Waals surface area contributed by atoms with Crippen molar-refractivity contribution in [2.24, 2.45) is 0 Å². The van der Waals surface area contributed by atoms with E-state index in [1.54, 1.807) is 11.3 Å². The van der Waals surface area contributed by atoms with E-state index in [0.29, 0.717) is 0 Å². The summed E-state index contributed by atoms with van der Waals surface area (Å²) in [7, 11) is 4.19. The van der Waals surface area contributed by atoms with Crippen LogP contribution in [0.1, 0.15) is 208 Å². The minimum Gasteiger partial charge on any atom is -0.338 e. The Bertz CT molecular complexity index is 713. The monoisotopic (exact) mass is 633 g/mol. The second kappa shape index (κ2) is 30.8. The van der Waals surface area contributed by atoms with Gasteiger partial charge in [0.2, 0.25) is 0 Å². The molecular formula is C40H76N2OS. The molecular weight excluding hydrogens is 557 g/mol. The number of rotatable bonds is 33. The van der Waals surface area contributed by atoms with Crippen molar-refractivity contribution in [1.29, 1.82) is 0 Å². The maximum atomic E-state index is 13.5. The van der Waals surface area contributed by atoms with Gasteiger partial charge in [0.25, 0.3) is 5.91 Å². The van der Waals surface area contributed by atoms with Crippen LogP contribution in [0.3, 0.4) is 0 Å². The average molecular weight is 633 g/mol. The van der Waals surface area contributed by atoms with Gasteiger partial charge in [0.05, 0.1) is 4.88 Å². The van der Waals surface area contributed by atoms with E-state index in [2.05, 4.69) is 49.9 Å². The fourth-order valence-electron chi connectivity index (χ4n) is 6.35. The highest BCUT2D eigenvalue weighted by Crippen LogP contribution is 2.21. The van der Waals surface area contributed by atoms with Crippen molar-refractivity contribution in [1.82, 2.24) is 9.80 Å². The summed E-state index contributed by atoms with van der Waals surface area (Å²) in [5, 5.41) is 0. The van der Waals surface area contributed by atoms with Crippen LogP contribution in [-0.4, -0.2) is 42.9 Å². The van der Waals surface area contributed by atoms with Gasteiger partial charge in [0.1, 0.15) is 0 Å². The fraction of sp³-hybridized carbons (Fsp3) is 0.875. The summed E-state index contributed by atoms with van der Waals surface area (Å²) in [6, 6.07) is 4.21. The second-order valence-corrected chi connectivity index (χ2v) is 15.2. The number of carbonyl (C=O) groups is 1. The van der Waals surface area contributed by atoms with Crippen LogP contribution in [0.25, 0.3) is 0 Å². The highest BCUT2D eigenvalue weighted by molar-refractivity contribution is 7.14. The number of thiophene rings is 1. The Morgan fingerprint density at radius 1 is 0.500 bits per heavy atom. The third-order valence-corrected chi connectivity index (χ3v) is 10.3. The standard InChI is InChI=1S/C40H76N2OS/c1-5-7-9-11-13-15-17-19-21-23-25-27-29-31-35-42(40(43)39-34-33-38(44-39)37-41(3)4)36-32-30-28-26-24-22-20-18-16-14-12-10-8-6-2/h33-34H,5-32,35-37H2,1-4H3. The first-order chi connectivity index (χ1) is 21.6. The summed E-state index contributed by atoms with van der Waals surface area (Å²) in [5.74, 6) is 0.268. The molecule has 0 aliphatic carbocycles. The number of unbranched alkanes of at least 4 members (excludes halogenated alkanes) is 26. The molecule has 0 radical (unpaired) electrons. The molecule has 0 unspecified atom stereocenters. The first kappa shape index (κ1) is 41.2. The summed E-state index contributed by atoms with van der Waals surface area (Å²) in [4.78, 5) is 20.1. The maximum Gasteiger partial charge on any atom is 0.263 e. The summed E-state index contributed by atoms with van der Waals surface area (Å²) >= 11 is 1.69. The van der Waals surface area contributed by atoms with Gasteiger partial charge < -0.3 is 9.80 Å². The van der Waals surface area contributed by atoms with Crippen molar-refractivity contribution in [3.63, 3.8) is 0 Å². The largest absolute Gasteiger partial charge is 0.338 e. The average Bonchev–Trinajstić information content (AvgIpc) is 3.47. The van der Waals surface area contributed by atoms with Crippen molar-refractivity contribution in [2.75, 3.05) is 27.2 Å². The smallest absolute Gasteiger partial charge is 0.263 e. The molecule has 0 bridgehead atoms. The number of hydrogen-bond donors (Lipinski definition) is 0. The Morgan fingerprint density at radius 3 is 1.14 bits per heavy atom. The summed E-state index contributed by atoms with van der Waals surface area (Å²) in [5.41, 5.74) is 0. The molecule has 0 saturated carbocycles. The number of nitrogens with zero attached hydrogens (tertiary/aromatic N) is 2. The third kappa shape index (κ3) is 24.4. The van der Waals surface area contributed by atoms with Crippen LogP contribution in [0.15, 0.2) is 12.1 Å². The molecule has 4 heteroatoms. The van der Waals surface area contributed by atoms with Gasteiger partial charge in [0, 0.05) is 24.5 Å². The van der Waals surface area contributed by atoms with Gasteiger partial charge in [-0.25, -0.2) is 0 Å². The van der Waals surface area contributed by atoms with Crippen LogP contribution in [0, 0.1) is 0 Å². The van der Waals surface area contributed by atoms with Gasteiger partial charge in [0.15, 0.2) is 0 Å². The van der Waals surface area contributed by atoms with Gasteiger partial charge in [-0.1, -0.05) is 181 Å². The predicted molar refractivity (Wildman–Crippen MR) is 198 cm³/mol. The zero-order chi connectivity index (χ0) is 31.9. The van der Waals surface area contributed by atoms with E-state index in [1.165, 1.54) is 172 Å². The van der Waals surface area contributed by atoms with Crippen LogP contribution in [0.4, 0.5) is 0 Å². The quantitative estimate of drug-likeness (QED) is 0.0720. The van der Waals surface area contributed by atoms with Crippen molar-refractivity contribution in [2.45, 2.75) is 200 Å². The molecule has 44 heavy (non-hydrogen) atoms. The van der Waals surface area contributed by atoms with Crippen LogP contribution in [0.5, 0.6) is 0 Å². The van der Waals surface area contributed by atoms with Gasteiger partial charge in [-0.15, -0.1) is 11.3 Å². The second-order valence-electron chi connectivity index (χ2n) is 14.0. The third-order valence-electron chi connectivity index (χ3n) is 9.19. The van der Waals surface area contributed by atoms with Crippen molar-refractivity contribution in [3.05, 3.63) is 21.9 Å². The molecule has 3 nitrogen and oxygen atoms in total. The molecule has 0 aromatic carbocycles. The van der Waals surface area contributed by atoms with Crippen molar-refractivity contribution in [3.8, 4) is 0 Å². The van der Waals surface area contributed by atoms with Crippen LogP contribution < -0.4 is 0 Å². The topological polar surface area (TPSA) is 23.6 Å². The zero-order valence-corrected chi connectivity index (χ0v) is 31.1. The molecule has 258 valence electrons. The maximum absolute atomic E-state index is 13.5. The summed E-state index contributed by atoms with van der Waals surface area (Å²) < 4.78 is 0. The Balaban J connectivity index is 2.23. The molecule has 1 aromatic heterocycles. The Labute approximate surface area is 280 Å². The highest BCUT2D eigenvalue weighted by atomic mass is 32.1. The lowest BCUT2D eigenvalue weighted by Gasteiger charge is -2.22. The normalized spacial score (nSPS) is 11.6.